The summed E-state index contributed by atoms with van der Waals surface area (Å²) in [6, 6.07) is 0. The van der Waals surface area contributed by atoms with Crippen LogP contribution in [0.15, 0.2) is 11.6 Å². The summed E-state index contributed by atoms with van der Waals surface area (Å²) >= 11 is 0. The van der Waals surface area contributed by atoms with Crippen molar-refractivity contribution in [2.45, 2.75) is 38.7 Å². The molecule has 1 aliphatic rings. The van der Waals surface area contributed by atoms with E-state index >= 15 is 0 Å². The van der Waals surface area contributed by atoms with Crippen molar-refractivity contribution >= 4 is 5.97 Å². The Hall–Kier alpha value is -0.870. The first-order chi connectivity index (χ1) is 8.26. The molecule has 98 valence electrons. The van der Waals surface area contributed by atoms with E-state index in [0.29, 0.717) is 19.8 Å². The molecule has 0 spiro atoms. The minimum atomic E-state index is -0.236. The number of carbonyl (C=O) groups is 1. The molecule has 0 bridgehead atoms. The van der Waals surface area contributed by atoms with Gasteiger partial charge in [0.25, 0.3) is 0 Å². The van der Waals surface area contributed by atoms with Gasteiger partial charge in [-0.2, -0.15) is 0 Å². The van der Waals surface area contributed by atoms with Crippen LogP contribution < -0.4 is 0 Å². The van der Waals surface area contributed by atoms with Crippen LogP contribution in [-0.2, 0) is 19.0 Å². The van der Waals surface area contributed by atoms with Crippen LogP contribution in [0.4, 0.5) is 0 Å². The van der Waals surface area contributed by atoms with Crippen LogP contribution in [0, 0.1) is 0 Å². The summed E-state index contributed by atoms with van der Waals surface area (Å²) in [5.41, 5.74) is 1.14. The van der Waals surface area contributed by atoms with E-state index in [-0.39, 0.29) is 12.1 Å². The first kappa shape index (κ1) is 14.2. The molecule has 1 unspecified atom stereocenters. The molecule has 4 heteroatoms. The lowest BCUT2D eigenvalue weighted by Gasteiger charge is -2.24. The second-order valence-electron chi connectivity index (χ2n) is 4.14. The molecular formula is C13H22O4. The normalized spacial score (nSPS) is 22.7. The van der Waals surface area contributed by atoms with Crippen molar-refractivity contribution in [2.75, 3.05) is 26.9 Å². The molecule has 1 atom stereocenters. The molecule has 0 aromatic heterocycles. The Labute approximate surface area is 103 Å². The van der Waals surface area contributed by atoms with Gasteiger partial charge < -0.3 is 14.2 Å². The largest absolute Gasteiger partial charge is 0.463 e. The van der Waals surface area contributed by atoms with Crippen LogP contribution in [0.3, 0.4) is 0 Å². The molecule has 4 nitrogen and oxygen atoms in total. The van der Waals surface area contributed by atoms with Crippen molar-refractivity contribution in [2.24, 2.45) is 0 Å². The van der Waals surface area contributed by atoms with Crippen molar-refractivity contribution in [3.05, 3.63) is 11.6 Å². The summed E-state index contributed by atoms with van der Waals surface area (Å²) in [4.78, 5) is 11.3. The van der Waals surface area contributed by atoms with E-state index in [1.54, 1.807) is 13.2 Å². The van der Waals surface area contributed by atoms with Crippen LogP contribution in [0.2, 0.25) is 0 Å². The molecule has 0 aromatic rings. The van der Waals surface area contributed by atoms with E-state index in [9.17, 15) is 4.79 Å². The predicted octanol–water partition coefficient (Wildman–Crippen LogP) is 2.08. The Morgan fingerprint density at radius 3 is 3.00 bits per heavy atom. The highest BCUT2D eigenvalue weighted by molar-refractivity contribution is 5.82. The molecule has 0 aliphatic heterocycles. The van der Waals surface area contributed by atoms with Gasteiger partial charge in [-0.1, -0.05) is 5.57 Å². The maximum absolute atomic E-state index is 11.3. The van der Waals surface area contributed by atoms with Gasteiger partial charge in [0.05, 0.1) is 25.9 Å². The monoisotopic (exact) mass is 242 g/mol. The van der Waals surface area contributed by atoms with Crippen LogP contribution in [0.1, 0.15) is 32.6 Å². The third-order valence-corrected chi connectivity index (χ3v) is 2.76. The van der Waals surface area contributed by atoms with E-state index in [1.807, 2.05) is 6.92 Å². The molecule has 0 saturated heterocycles. The fraction of sp³-hybridized carbons (Fsp3) is 0.769. The topological polar surface area (TPSA) is 44.8 Å². The first-order valence-corrected chi connectivity index (χ1v) is 6.23. The average molecular weight is 242 g/mol. The summed E-state index contributed by atoms with van der Waals surface area (Å²) in [5.74, 6) is -0.236. The predicted molar refractivity (Wildman–Crippen MR) is 64.8 cm³/mol. The first-order valence-electron chi connectivity index (χ1n) is 6.23. The number of methoxy groups -OCH3 is 1. The van der Waals surface area contributed by atoms with Gasteiger partial charge in [0.2, 0.25) is 0 Å². The summed E-state index contributed by atoms with van der Waals surface area (Å²) < 4.78 is 15.5. The minimum absolute atomic E-state index is 0.222. The Bertz CT molecular complexity index is 260. The molecule has 1 aliphatic carbocycles. The van der Waals surface area contributed by atoms with Gasteiger partial charge in [0, 0.05) is 13.2 Å². The number of rotatable bonds is 6. The smallest absolute Gasteiger partial charge is 0.330 e. The summed E-state index contributed by atoms with van der Waals surface area (Å²) in [7, 11) is 1.66. The SMILES string of the molecule is CCOC(=O)C=C1CCCC(OCCOC)C1. The molecule has 0 radical (unpaired) electrons. The zero-order chi connectivity index (χ0) is 12.5. The highest BCUT2D eigenvalue weighted by atomic mass is 16.5. The highest BCUT2D eigenvalue weighted by Gasteiger charge is 2.18. The van der Waals surface area contributed by atoms with Gasteiger partial charge in [-0.15, -0.1) is 0 Å². The van der Waals surface area contributed by atoms with Crippen molar-refractivity contribution in [3.63, 3.8) is 0 Å². The number of ether oxygens (including phenoxy) is 3. The summed E-state index contributed by atoms with van der Waals surface area (Å²) in [6.07, 6.45) is 5.78. The molecule has 0 amide bonds. The number of hydrogen-bond donors (Lipinski definition) is 0. The standard InChI is InChI=1S/C13H22O4/c1-3-16-13(14)10-11-5-4-6-12(9-11)17-8-7-15-2/h10,12H,3-9H2,1-2H3. The molecular weight excluding hydrogens is 220 g/mol. The van der Waals surface area contributed by atoms with Gasteiger partial charge in [0.15, 0.2) is 0 Å². The highest BCUT2D eigenvalue weighted by Crippen LogP contribution is 2.25. The third-order valence-electron chi connectivity index (χ3n) is 2.76. The molecule has 17 heavy (non-hydrogen) atoms. The second kappa shape index (κ2) is 8.25. The van der Waals surface area contributed by atoms with Crippen molar-refractivity contribution < 1.29 is 19.0 Å². The lowest BCUT2D eigenvalue weighted by atomic mass is 9.92. The van der Waals surface area contributed by atoms with Gasteiger partial charge in [-0.3, -0.25) is 0 Å². The second-order valence-corrected chi connectivity index (χ2v) is 4.14. The Kier molecular flexibility index (Phi) is 6.89. The van der Waals surface area contributed by atoms with Crippen LogP contribution in [0.25, 0.3) is 0 Å². The molecule has 1 fully saturated rings. The fourth-order valence-corrected chi connectivity index (χ4v) is 1.98. The molecule has 0 heterocycles. The fourth-order valence-electron chi connectivity index (χ4n) is 1.98. The quantitative estimate of drug-likeness (QED) is 0.406. The maximum Gasteiger partial charge on any atom is 0.330 e. The van der Waals surface area contributed by atoms with E-state index < -0.39 is 0 Å². The minimum Gasteiger partial charge on any atom is -0.463 e. The van der Waals surface area contributed by atoms with Crippen molar-refractivity contribution in [1.82, 2.24) is 0 Å². The van der Waals surface area contributed by atoms with E-state index in [4.69, 9.17) is 14.2 Å². The number of hydrogen-bond acceptors (Lipinski definition) is 4. The van der Waals surface area contributed by atoms with Gasteiger partial charge in [0.1, 0.15) is 0 Å². The Balaban J connectivity index is 2.35. The van der Waals surface area contributed by atoms with Crippen molar-refractivity contribution in [1.29, 1.82) is 0 Å². The summed E-state index contributed by atoms with van der Waals surface area (Å²) in [5, 5.41) is 0. The van der Waals surface area contributed by atoms with E-state index in [2.05, 4.69) is 0 Å². The lowest BCUT2D eigenvalue weighted by Crippen LogP contribution is -2.20. The zero-order valence-corrected chi connectivity index (χ0v) is 10.7. The van der Waals surface area contributed by atoms with E-state index in [1.165, 1.54) is 0 Å². The van der Waals surface area contributed by atoms with E-state index in [0.717, 1.165) is 31.3 Å². The van der Waals surface area contributed by atoms with Gasteiger partial charge >= 0.3 is 5.97 Å². The number of carbonyl (C=O) groups excluding carboxylic acids is 1. The van der Waals surface area contributed by atoms with Crippen molar-refractivity contribution in [3.8, 4) is 0 Å². The zero-order valence-electron chi connectivity index (χ0n) is 10.7. The van der Waals surface area contributed by atoms with Gasteiger partial charge in [-0.05, 0) is 32.6 Å². The Morgan fingerprint density at radius 1 is 1.47 bits per heavy atom. The summed E-state index contributed by atoms with van der Waals surface area (Å²) in [6.45, 7) is 3.48. The van der Waals surface area contributed by atoms with Gasteiger partial charge in [-0.25, -0.2) is 4.79 Å². The van der Waals surface area contributed by atoms with Crippen LogP contribution >= 0.6 is 0 Å². The Morgan fingerprint density at radius 2 is 2.29 bits per heavy atom. The third kappa shape index (κ3) is 5.84. The van der Waals surface area contributed by atoms with Crippen LogP contribution in [-0.4, -0.2) is 39.0 Å². The molecule has 1 rings (SSSR count). The van der Waals surface area contributed by atoms with Crippen LogP contribution in [0.5, 0.6) is 0 Å². The number of esters is 1. The average Bonchev–Trinajstić information content (AvgIpc) is 2.30. The molecule has 0 N–H and O–H groups in total. The maximum atomic E-state index is 11.3. The molecule has 0 aromatic carbocycles. The molecule has 1 saturated carbocycles. The lowest BCUT2D eigenvalue weighted by molar-refractivity contribution is -0.137.